The Balaban J connectivity index is 2.31. The molecule has 2 rings (SSSR count). The van der Waals surface area contributed by atoms with Crippen molar-refractivity contribution in [3.05, 3.63) is 40.4 Å². The lowest BCUT2D eigenvalue weighted by molar-refractivity contribution is 0.589. The van der Waals surface area contributed by atoms with Gasteiger partial charge in [-0.15, -0.1) is 0 Å². The predicted octanol–water partition coefficient (Wildman–Crippen LogP) is 4.72. The van der Waals surface area contributed by atoms with Crippen molar-refractivity contribution in [2.75, 3.05) is 6.54 Å². The molecule has 1 aliphatic rings. The normalized spacial score (nSPS) is 16.5. The maximum Gasteiger partial charge on any atom is 0.0433 e. The molecule has 0 fully saturated rings. The SMILES string of the molecule is CC(C)(C)C1=NCCC(c2ccc(Br)cc2)=C1. The molecule has 17 heavy (non-hydrogen) atoms. The van der Waals surface area contributed by atoms with E-state index in [1.54, 1.807) is 0 Å². The van der Waals surface area contributed by atoms with Crippen LogP contribution < -0.4 is 0 Å². The Morgan fingerprint density at radius 2 is 1.76 bits per heavy atom. The molecule has 0 radical (unpaired) electrons. The number of benzene rings is 1. The van der Waals surface area contributed by atoms with Crippen LogP contribution in [0.3, 0.4) is 0 Å². The lowest BCUT2D eigenvalue weighted by atomic mass is 9.86. The van der Waals surface area contributed by atoms with Crippen LogP contribution >= 0.6 is 15.9 Å². The zero-order valence-corrected chi connectivity index (χ0v) is 12.2. The molecule has 0 spiro atoms. The van der Waals surface area contributed by atoms with Crippen LogP contribution in [0.4, 0.5) is 0 Å². The van der Waals surface area contributed by atoms with Crippen molar-refractivity contribution in [2.24, 2.45) is 10.4 Å². The van der Waals surface area contributed by atoms with Crippen molar-refractivity contribution in [3.8, 4) is 0 Å². The fraction of sp³-hybridized carbons (Fsp3) is 0.400. The molecular weight excluding hydrogens is 274 g/mol. The highest BCUT2D eigenvalue weighted by molar-refractivity contribution is 9.10. The number of rotatable bonds is 1. The van der Waals surface area contributed by atoms with Gasteiger partial charge in [0.2, 0.25) is 0 Å². The third kappa shape index (κ3) is 3.06. The van der Waals surface area contributed by atoms with Crippen molar-refractivity contribution >= 4 is 27.2 Å². The van der Waals surface area contributed by atoms with Crippen molar-refractivity contribution < 1.29 is 0 Å². The van der Waals surface area contributed by atoms with Crippen LogP contribution in [0, 0.1) is 5.41 Å². The molecule has 0 aromatic heterocycles. The highest BCUT2D eigenvalue weighted by Gasteiger charge is 2.20. The molecule has 1 aromatic rings. The number of hydrogen-bond donors (Lipinski definition) is 0. The standard InChI is InChI=1S/C15H18BrN/c1-15(2,3)14-10-12(8-9-17-14)11-4-6-13(16)7-5-11/h4-7,10H,8-9H2,1-3H3. The maximum atomic E-state index is 4.63. The second kappa shape index (κ2) is 4.77. The number of nitrogens with zero attached hydrogens (tertiary/aromatic N) is 1. The predicted molar refractivity (Wildman–Crippen MR) is 78.5 cm³/mol. The highest BCUT2D eigenvalue weighted by atomic mass is 79.9. The summed E-state index contributed by atoms with van der Waals surface area (Å²) in [6, 6.07) is 8.53. The second-order valence-electron chi connectivity index (χ2n) is 5.44. The van der Waals surface area contributed by atoms with E-state index in [9.17, 15) is 0 Å². The summed E-state index contributed by atoms with van der Waals surface area (Å²) in [5.41, 5.74) is 4.06. The fourth-order valence-electron chi connectivity index (χ4n) is 1.92. The van der Waals surface area contributed by atoms with E-state index in [1.165, 1.54) is 16.8 Å². The summed E-state index contributed by atoms with van der Waals surface area (Å²) in [4.78, 5) is 4.63. The average molecular weight is 292 g/mol. The second-order valence-corrected chi connectivity index (χ2v) is 6.36. The van der Waals surface area contributed by atoms with Crippen molar-refractivity contribution in [1.82, 2.24) is 0 Å². The summed E-state index contributed by atoms with van der Waals surface area (Å²) >= 11 is 3.47. The molecule has 1 heterocycles. The van der Waals surface area contributed by atoms with Crippen molar-refractivity contribution in [1.29, 1.82) is 0 Å². The molecule has 0 N–H and O–H groups in total. The first-order chi connectivity index (χ1) is 7.97. The number of halogens is 1. The maximum absolute atomic E-state index is 4.63. The molecule has 2 heteroatoms. The zero-order chi connectivity index (χ0) is 12.5. The first kappa shape index (κ1) is 12.6. The Morgan fingerprint density at radius 3 is 2.35 bits per heavy atom. The molecule has 0 saturated heterocycles. The van der Waals surface area contributed by atoms with E-state index < -0.39 is 0 Å². The van der Waals surface area contributed by atoms with Gasteiger partial charge < -0.3 is 0 Å². The number of hydrogen-bond acceptors (Lipinski definition) is 1. The quantitative estimate of drug-likeness (QED) is 0.710. The van der Waals surface area contributed by atoms with Gasteiger partial charge in [0.25, 0.3) is 0 Å². The summed E-state index contributed by atoms with van der Waals surface area (Å²) in [7, 11) is 0. The molecule has 0 bridgehead atoms. The number of allylic oxidation sites excluding steroid dienone is 1. The first-order valence-electron chi connectivity index (χ1n) is 5.98. The van der Waals surface area contributed by atoms with E-state index >= 15 is 0 Å². The molecule has 0 amide bonds. The van der Waals surface area contributed by atoms with E-state index in [0.29, 0.717) is 0 Å². The summed E-state index contributed by atoms with van der Waals surface area (Å²) in [6.07, 6.45) is 3.30. The van der Waals surface area contributed by atoms with Gasteiger partial charge in [0.15, 0.2) is 0 Å². The summed E-state index contributed by atoms with van der Waals surface area (Å²) in [5, 5.41) is 0. The van der Waals surface area contributed by atoms with Crippen molar-refractivity contribution in [3.63, 3.8) is 0 Å². The summed E-state index contributed by atoms with van der Waals surface area (Å²) < 4.78 is 1.13. The van der Waals surface area contributed by atoms with Gasteiger partial charge in [-0.3, -0.25) is 4.99 Å². The molecule has 0 aliphatic carbocycles. The minimum atomic E-state index is 0.140. The topological polar surface area (TPSA) is 12.4 Å². The summed E-state index contributed by atoms with van der Waals surface area (Å²) in [5.74, 6) is 0. The minimum absolute atomic E-state index is 0.140. The van der Waals surface area contributed by atoms with Crippen molar-refractivity contribution in [2.45, 2.75) is 27.2 Å². The largest absolute Gasteiger partial charge is 0.289 e. The molecular formula is C15H18BrN. The highest BCUT2D eigenvalue weighted by Crippen LogP contribution is 2.27. The third-order valence-electron chi connectivity index (χ3n) is 2.96. The van der Waals surface area contributed by atoms with Gasteiger partial charge >= 0.3 is 0 Å². The van der Waals surface area contributed by atoms with Crippen LogP contribution in [-0.2, 0) is 0 Å². The number of aliphatic imine (C=N–C) groups is 1. The van der Waals surface area contributed by atoms with Gasteiger partial charge in [-0.05, 0) is 35.8 Å². The number of dihydropyridines is 1. The first-order valence-corrected chi connectivity index (χ1v) is 6.77. The zero-order valence-electron chi connectivity index (χ0n) is 10.6. The minimum Gasteiger partial charge on any atom is -0.289 e. The van der Waals surface area contributed by atoms with Gasteiger partial charge in [0.05, 0.1) is 0 Å². The molecule has 90 valence electrons. The Hall–Kier alpha value is -0.890. The fourth-order valence-corrected chi connectivity index (χ4v) is 2.19. The molecule has 1 nitrogen and oxygen atoms in total. The Labute approximate surface area is 112 Å². The Morgan fingerprint density at radius 1 is 1.12 bits per heavy atom. The lowest BCUT2D eigenvalue weighted by Gasteiger charge is -2.23. The van der Waals surface area contributed by atoms with E-state index in [0.717, 1.165) is 17.4 Å². The molecule has 0 saturated carbocycles. The van der Waals surface area contributed by atoms with E-state index in [4.69, 9.17) is 0 Å². The van der Waals surface area contributed by atoms with Crippen LogP contribution in [0.15, 0.2) is 39.8 Å². The molecule has 1 aromatic carbocycles. The van der Waals surface area contributed by atoms with Crippen LogP contribution in [-0.4, -0.2) is 12.3 Å². The monoisotopic (exact) mass is 291 g/mol. The van der Waals surface area contributed by atoms with Gasteiger partial charge in [-0.1, -0.05) is 48.8 Å². The van der Waals surface area contributed by atoms with E-state index in [-0.39, 0.29) is 5.41 Å². The Kier molecular flexibility index (Phi) is 3.53. The van der Waals surface area contributed by atoms with Gasteiger partial charge in [-0.2, -0.15) is 0 Å². The summed E-state index contributed by atoms with van der Waals surface area (Å²) in [6.45, 7) is 7.56. The van der Waals surface area contributed by atoms with Crippen LogP contribution in [0.5, 0.6) is 0 Å². The van der Waals surface area contributed by atoms with E-state index in [1.807, 2.05) is 0 Å². The molecule has 1 aliphatic heterocycles. The van der Waals surface area contributed by atoms with E-state index in [2.05, 4.69) is 72.0 Å². The lowest BCUT2D eigenvalue weighted by Crippen LogP contribution is -2.21. The van der Waals surface area contributed by atoms with Gasteiger partial charge in [0, 0.05) is 22.1 Å². The van der Waals surface area contributed by atoms with Crippen LogP contribution in [0.2, 0.25) is 0 Å². The van der Waals surface area contributed by atoms with Crippen LogP contribution in [0.1, 0.15) is 32.8 Å². The van der Waals surface area contributed by atoms with Gasteiger partial charge in [-0.25, -0.2) is 0 Å². The van der Waals surface area contributed by atoms with Crippen LogP contribution in [0.25, 0.3) is 5.57 Å². The smallest absolute Gasteiger partial charge is 0.0433 e. The third-order valence-corrected chi connectivity index (χ3v) is 3.49. The molecule has 0 atom stereocenters. The average Bonchev–Trinajstić information content (AvgIpc) is 2.29. The Bertz CT molecular complexity index is 461. The molecule has 0 unspecified atom stereocenters. The van der Waals surface area contributed by atoms with Gasteiger partial charge in [0.1, 0.15) is 0 Å².